The Labute approximate surface area is 171 Å². The molecule has 0 aliphatic rings. The van der Waals surface area contributed by atoms with Crippen molar-refractivity contribution in [3.63, 3.8) is 0 Å². The van der Waals surface area contributed by atoms with Gasteiger partial charge in [-0.2, -0.15) is 0 Å². The summed E-state index contributed by atoms with van der Waals surface area (Å²) in [7, 11) is -3.67. The summed E-state index contributed by atoms with van der Waals surface area (Å²) in [6.07, 6.45) is 0. The molecule has 0 amide bonds. The predicted molar refractivity (Wildman–Crippen MR) is 112 cm³/mol. The molecule has 0 N–H and O–H groups in total. The van der Waals surface area contributed by atoms with E-state index in [4.69, 9.17) is 0 Å². The van der Waals surface area contributed by atoms with Gasteiger partial charge in [0.15, 0.2) is 0 Å². The molecule has 0 atom stereocenters. The number of aryl methyl sites for hydroxylation is 1. The molecule has 0 aliphatic carbocycles. The SMILES string of the molecule is Cc1ccc(S(=O)(=O)N(CC#C[Te]c2ccccc2)c2ccccc2)cc1. The number of anilines is 1. The van der Waals surface area contributed by atoms with Crippen LogP contribution in [0.2, 0.25) is 0 Å². The second-order valence-corrected chi connectivity index (χ2v) is 10.2. The average molecular weight is 489 g/mol. The van der Waals surface area contributed by atoms with Gasteiger partial charge in [0.2, 0.25) is 0 Å². The Morgan fingerprint density at radius 1 is 0.852 bits per heavy atom. The molecule has 0 spiro atoms. The van der Waals surface area contributed by atoms with Crippen molar-refractivity contribution in [3.8, 4) is 9.89 Å². The Hall–Kier alpha value is -2.24. The average Bonchev–Trinajstić information content (AvgIpc) is 2.69. The van der Waals surface area contributed by atoms with Crippen molar-refractivity contribution in [1.29, 1.82) is 0 Å². The van der Waals surface area contributed by atoms with Crippen LogP contribution in [0.4, 0.5) is 5.69 Å². The fraction of sp³-hybridized carbons (Fsp3) is 0.0909. The molecule has 0 fully saturated rings. The van der Waals surface area contributed by atoms with Gasteiger partial charge in [-0.05, 0) is 0 Å². The molecule has 3 rings (SSSR count). The van der Waals surface area contributed by atoms with E-state index in [2.05, 4.69) is 22.0 Å². The normalized spacial score (nSPS) is 10.7. The van der Waals surface area contributed by atoms with E-state index in [1.807, 2.05) is 55.5 Å². The fourth-order valence-electron chi connectivity index (χ4n) is 2.43. The monoisotopic (exact) mass is 491 g/mol. The molecule has 3 nitrogen and oxygen atoms in total. The molecule has 0 aliphatic heterocycles. The summed E-state index contributed by atoms with van der Waals surface area (Å²) in [5, 5.41) is 0. The zero-order valence-electron chi connectivity index (χ0n) is 14.9. The molecule has 3 aromatic rings. The maximum atomic E-state index is 13.2. The van der Waals surface area contributed by atoms with E-state index < -0.39 is 30.9 Å². The number of sulfonamides is 1. The Morgan fingerprint density at radius 3 is 2.07 bits per heavy atom. The zero-order chi connectivity index (χ0) is 19.1. The summed E-state index contributed by atoms with van der Waals surface area (Å²) in [6.45, 7) is 2.07. The number of para-hydroxylation sites is 1. The van der Waals surface area contributed by atoms with Crippen LogP contribution in [0.5, 0.6) is 0 Å². The number of benzene rings is 3. The Balaban J connectivity index is 1.87. The van der Waals surface area contributed by atoms with Gasteiger partial charge in [0.1, 0.15) is 0 Å². The summed E-state index contributed by atoms with van der Waals surface area (Å²) < 4.78 is 32.2. The quantitative estimate of drug-likeness (QED) is 0.408. The van der Waals surface area contributed by atoms with Crippen molar-refractivity contribution < 1.29 is 8.42 Å². The summed E-state index contributed by atoms with van der Waals surface area (Å²) in [5.74, 6) is 3.07. The third-order valence-corrected chi connectivity index (χ3v) is 7.80. The topological polar surface area (TPSA) is 37.4 Å². The summed E-state index contributed by atoms with van der Waals surface area (Å²) >= 11 is -0.644. The molecule has 0 saturated carbocycles. The van der Waals surface area contributed by atoms with Gasteiger partial charge in [-0.3, -0.25) is 0 Å². The van der Waals surface area contributed by atoms with Crippen molar-refractivity contribution in [3.05, 3.63) is 90.5 Å². The fourth-order valence-corrected chi connectivity index (χ4v) is 5.37. The van der Waals surface area contributed by atoms with Crippen LogP contribution < -0.4 is 7.92 Å². The van der Waals surface area contributed by atoms with Crippen molar-refractivity contribution in [2.24, 2.45) is 0 Å². The first kappa shape index (κ1) is 19.5. The van der Waals surface area contributed by atoms with Gasteiger partial charge in [0.05, 0.1) is 0 Å². The molecule has 136 valence electrons. The first-order valence-corrected chi connectivity index (χ1v) is 12.2. The van der Waals surface area contributed by atoms with Crippen molar-refractivity contribution in [2.45, 2.75) is 11.8 Å². The minimum atomic E-state index is -3.67. The molecule has 3 aromatic carbocycles. The maximum absolute atomic E-state index is 13.2. The van der Waals surface area contributed by atoms with Crippen LogP contribution in [-0.2, 0) is 10.0 Å². The van der Waals surface area contributed by atoms with Gasteiger partial charge in [0.25, 0.3) is 0 Å². The molecule has 5 heteroatoms. The van der Waals surface area contributed by atoms with Crippen LogP contribution in [0.3, 0.4) is 0 Å². The standard InChI is InChI=1S/C22H19NO2STe/c1-19-13-15-21(16-14-19)26(24,25)23(20-9-4-2-5-10-20)17-8-18-27-22-11-6-3-7-12-22/h2-7,9-16H,17H2,1H3. The van der Waals surface area contributed by atoms with Crippen LogP contribution in [0.25, 0.3) is 0 Å². The van der Waals surface area contributed by atoms with Crippen LogP contribution in [0, 0.1) is 16.8 Å². The van der Waals surface area contributed by atoms with Gasteiger partial charge < -0.3 is 0 Å². The van der Waals surface area contributed by atoms with Crippen molar-refractivity contribution >= 4 is 40.2 Å². The van der Waals surface area contributed by atoms with E-state index >= 15 is 0 Å². The van der Waals surface area contributed by atoms with Crippen LogP contribution in [0.1, 0.15) is 5.56 Å². The van der Waals surface area contributed by atoms with Gasteiger partial charge in [-0.1, -0.05) is 0 Å². The predicted octanol–water partition coefficient (Wildman–Crippen LogP) is 3.18. The Kier molecular flexibility index (Phi) is 6.58. The molecular weight excluding hydrogens is 470 g/mol. The molecular formula is C22H19NO2STe. The molecule has 0 unspecified atom stereocenters. The molecule has 0 aromatic heterocycles. The minimum absolute atomic E-state index is 0.137. The summed E-state index contributed by atoms with van der Waals surface area (Å²) in [4.78, 5) is 0.276. The van der Waals surface area contributed by atoms with E-state index in [1.54, 1.807) is 24.3 Å². The number of hydrogen-bond donors (Lipinski definition) is 0. The first-order chi connectivity index (χ1) is 13.1. The van der Waals surface area contributed by atoms with Crippen LogP contribution >= 0.6 is 0 Å². The summed E-state index contributed by atoms with van der Waals surface area (Å²) in [5.41, 5.74) is 1.64. The Bertz CT molecular complexity index is 1040. The third kappa shape index (κ3) is 5.15. The van der Waals surface area contributed by atoms with Gasteiger partial charge in [0, 0.05) is 0 Å². The second kappa shape index (κ2) is 9.11. The van der Waals surface area contributed by atoms with Crippen LogP contribution in [0.15, 0.2) is 89.8 Å². The van der Waals surface area contributed by atoms with E-state index in [1.165, 1.54) is 7.92 Å². The van der Waals surface area contributed by atoms with E-state index in [9.17, 15) is 8.42 Å². The Morgan fingerprint density at radius 2 is 1.44 bits per heavy atom. The van der Waals surface area contributed by atoms with E-state index in [0.717, 1.165) is 5.56 Å². The van der Waals surface area contributed by atoms with Crippen molar-refractivity contribution in [2.75, 3.05) is 10.8 Å². The molecule has 0 bridgehead atoms. The van der Waals surface area contributed by atoms with Gasteiger partial charge in [-0.25, -0.2) is 0 Å². The first-order valence-electron chi connectivity index (χ1n) is 8.41. The summed E-state index contributed by atoms with van der Waals surface area (Å²) in [6, 6.07) is 26.1. The van der Waals surface area contributed by atoms with E-state index in [0.29, 0.717) is 5.69 Å². The third-order valence-electron chi connectivity index (χ3n) is 3.86. The molecule has 0 saturated heterocycles. The molecule has 0 heterocycles. The van der Waals surface area contributed by atoms with Gasteiger partial charge >= 0.3 is 172 Å². The van der Waals surface area contributed by atoms with Crippen molar-refractivity contribution in [1.82, 2.24) is 0 Å². The second-order valence-electron chi connectivity index (χ2n) is 5.85. The zero-order valence-corrected chi connectivity index (χ0v) is 18.0. The number of hydrogen-bond acceptors (Lipinski definition) is 2. The van der Waals surface area contributed by atoms with Crippen LogP contribution in [-0.4, -0.2) is 35.9 Å². The number of rotatable bonds is 5. The number of nitrogens with zero attached hydrogens (tertiary/aromatic N) is 1. The molecule has 27 heavy (non-hydrogen) atoms. The van der Waals surface area contributed by atoms with Gasteiger partial charge in [-0.15, -0.1) is 0 Å². The molecule has 0 radical (unpaired) electrons. The van der Waals surface area contributed by atoms with E-state index in [-0.39, 0.29) is 11.4 Å².